The maximum Gasteiger partial charge on any atom is 0.244 e. The highest BCUT2D eigenvalue weighted by Gasteiger charge is 2.19. The highest BCUT2D eigenvalue weighted by Crippen LogP contribution is 2.20. The van der Waals surface area contributed by atoms with Crippen molar-refractivity contribution in [3.05, 3.63) is 103 Å². The minimum absolute atomic E-state index is 0.0758. The van der Waals surface area contributed by atoms with Crippen LogP contribution in [0.4, 0.5) is 10.1 Å². The minimum atomic E-state index is -0.600. The molecule has 1 N–H and O–H groups in total. The van der Waals surface area contributed by atoms with E-state index in [1.54, 1.807) is 43.3 Å². The Hall–Kier alpha value is -3.36. The summed E-state index contributed by atoms with van der Waals surface area (Å²) < 4.78 is 15.6. The van der Waals surface area contributed by atoms with Gasteiger partial charge in [0.1, 0.15) is 18.0 Å². The van der Waals surface area contributed by atoms with E-state index in [2.05, 4.69) is 26.2 Å². The number of aryl methyl sites for hydroxylation is 1. The number of nitrogens with zero attached hydrogens (tertiary/aromatic N) is 2. The molecule has 1 amide bonds. The number of carbonyl (C=O) groups is 2. The molecule has 2 heterocycles. The van der Waals surface area contributed by atoms with E-state index in [0.717, 1.165) is 10.5 Å². The first-order chi connectivity index (χ1) is 15.7. The van der Waals surface area contributed by atoms with Crippen molar-refractivity contribution in [2.75, 3.05) is 5.32 Å². The molecule has 33 heavy (non-hydrogen) atoms. The topological polar surface area (TPSA) is 81.1 Å². The molecule has 4 rings (SSSR count). The summed E-state index contributed by atoms with van der Waals surface area (Å²) in [7, 11) is 0. The smallest absolute Gasteiger partial charge is 0.244 e. The zero-order valence-electron chi connectivity index (χ0n) is 17.2. The summed E-state index contributed by atoms with van der Waals surface area (Å²) in [5, 5.41) is 2.73. The van der Waals surface area contributed by atoms with Gasteiger partial charge in [-0.1, -0.05) is 27.5 Å². The Bertz CT molecular complexity index is 1470. The molecule has 9 heteroatoms. The molecule has 0 aliphatic heterocycles. The van der Waals surface area contributed by atoms with Crippen LogP contribution in [0, 0.1) is 12.7 Å². The van der Waals surface area contributed by atoms with Crippen LogP contribution in [0.15, 0.2) is 70.1 Å². The van der Waals surface area contributed by atoms with Crippen molar-refractivity contribution in [1.82, 2.24) is 9.55 Å². The average Bonchev–Trinajstić information content (AvgIpc) is 2.78. The fraction of sp³-hybridized carbons (Fsp3) is 0.0833. The van der Waals surface area contributed by atoms with Crippen molar-refractivity contribution >= 4 is 55.9 Å². The Morgan fingerprint density at radius 1 is 1.12 bits per heavy atom. The van der Waals surface area contributed by atoms with Crippen LogP contribution in [0.3, 0.4) is 0 Å². The monoisotopic (exact) mass is 527 g/mol. The molecule has 2 aromatic carbocycles. The number of benzene rings is 2. The lowest BCUT2D eigenvalue weighted by atomic mass is 10.0. The van der Waals surface area contributed by atoms with Gasteiger partial charge in [0, 0.05) is 27.6 Å². The highest BCUT2D eigenvalue weighted by molar-refractivity contribution is 9.10. The zero-order chi connectivity index (χ0) is 23.7. The minimum Gasteiger partial charge on any atom is -0.324 e. The standard InChI is InChI=1S/C24H16BrClFN3O3/c1-13-2-8-17-23(33)18(22(32)14-3-5-15(25)6-4-14)11-30(24(17)28-13)12-21(31)29-16-7-9-20(27)19(26)10-16/h2-11H,12H2,1H3,(H,29,31). The van der Waals surface area contributed by atoms with E-state index >= 15 is 0 Å². The van der Waals surface area contributed by atoms with Crippen LogP contribution in [0.25, 0.3) is 11.0 Å². The maximum absolute atomic E-state index is 13.4. The molecule has 0 atom stereocenters. The molecule has 2 aromatic heterocycles. The molecule has 0 aliphatic rings. The number of halogens is 3. The average molecular weight is 529 g/mol. The van der Waals surface area contributed by atoms with Gasteiger partial charge in [0.05, 0.1) is 16.0 Å². The summed E-state index contributed by atoms with van der Waals surface area (Å²) in [5.41, 5.74) is 1.03. The van der Waals surface area contributed by atoms with E-state index in [0.29, 0.717) is 16.9 Å². The number of carbonyl (C=O) groups excluding carboxylic acids is 2. The lowest BCUT2D eigenvalue weighted by Gasteiger charge is -2.13. The Morgan fingerprint density at radius 2 is 1.85 bits per heavy atom. The first-order valence-electron chi connectivity index (χ1n) is 9.79. The second-order valence-electron chi connectivity index (χ2n) is 7.34. The van der Waals surface area contributed by atoms with Gasteiger partial charge in [0.15, 0.2) is 5.78 Å². The van der Waals surface area contributed by atoms with Crippen molar-refractivity contribution in [3.8, 4) is 0 Å². The number of pyridine rings is 2. The van der Waals surface area contributed by atoms with Gasteiger partial charge in [0.25, 0.3) is 0 Å². The van der Waals surface area contributed by atoms with Crippen molar-refractivity contribution in [1.29, 1.82) is 0 Å². The lowest BCUT2D eigenvalue weighted by molar-refractivity contribution is -0.116. The Morgan fingerprint density at radius 3 is 2.55 bits per heavy atom. The van der Waals surface area contributed by atoms with Gasteiger partial charge in [0.2, 0.25) is 11.3 Å². The third-order valence-corrected chi connectivity index (χ3v) is 5.75. The molecule has 166 valence electrons. The van der Waals surface area contributed by atoms with E-state index in [9.17, 15) is 18.8 Å². The molecule has 0 saturated carbocycles. The van der Waals surface area contributed by atoms with Crippen LogP contribution in [0.5, 0.6) is 0 Å². The number of ketones is 1. The second-order valence-corrected chi connectivity index (χ2v) is 8.66. The molecule has 6 nitrogen and oxygen atoms in total. The summed E-state index contributed by atoms with van der Waals surface area (Å²) in [6.45, 7) is 1.53. The van der Waals surface area contributed by atoms with Gasteiger partial charge in [-0.3, -0.25) is 14.4 Å². The highest BCUT2D eigenvalue weighted by atomic mass is 79.9. The van der Waals surface area contributed by atoms with Crippen LogP contribution < -0.4 is 10.7 Å². The second kappa shape index (κ2) is 9.25. The molecule has 0 fully saturated rings. The van der Waals surface area contributed by atoms with Gasteiger partial charge in [-0.05, 0) is 61.5 Å². The Kier molecular flexibility index (Phi) is 6.40. The van der Waals surface area contributed by atoms with Gasteiger partial charge < -0.3 is 9.88 Å². The molecule has 0 bridgehead atoms. The number of amides is 1. The van der Waals surface area contributed by atoms with Crippen molar-refractivity contribution < 1.29 is 14.0 Å². The number of anilines is 1. The van der Waals surface area contributed by atoms with Crippen molar-refractivity contribution in [2.24, 2.45) is 0 Å². The summed E-state index contributed by atoms with van der Waals surface area (Å²) in [6, 6.07) is 13.7. The molecule has 0 saturated heterocycles. The first-order valence-corrected chi connectivity index (χ1v) is 11.0. The lowest BCUT2D eigenvalue weighted by Crippen LogP contribution is -2.25. The third-order valence-electron chi connectivity index (χ3n) is 4.93. The zero-order valence-corrected chi connectivity index (χ0v) is 19.6. The molecule has 0 spiro atoms. The molecule has 4 aromatic rings. The molecule has 0 unspecified atom stereocenters. The first kappa shape index (κ1) is 22.8. The van der Waals surface area contributed by atoms with Gasteiger partial charge in [-0.15, -0.1) is 0 Å². The quantitative estimate of drug-likeness (QED) is 0.364. The van der Waals surface area contributed by atoms with Crippen molar-refractivity contribution in [2.45, 2.75) is 13.5 Å². The van der Waals surface area contributed by atoms with Crippen LogP contribution in [0.2, 0.25) is 5.02 Å². The van der Waals surface area contributed by atoms with Crippen LogP contribution in [-0.4, -0.2) is 21.2 Å². The van der Waals surface area contributed by atoms with E-state index in [1.807, 2.05) is 0 Å². The van der Waals surface area contributed by atoms with Crippen LogP contribution in [0.1, 0.15) is 21.6 Å². The Labute approximate surface area is 201 Å². The summed E-state index contributed by atoms with van der Waals surface area (Å²) in [4.78, 5) is 43.3. The van der Waals surface area contributed by atoms with E-state index in [4.69, 9.17) is 11.6 Å². The van der Waals surface area contributed by atoms with Crippen LogP contribution >= 0.6 is 27.5 Å². The summed E-state index contributed by atoms with van der Waals surface area (Å²) >= 11 is 9.10. The SMILES string of the molecule is Cc1ccc2c(=O)c(C(=O)c3ccc(Br)cc3)cn(CC(=O)Nc3ccc(F)c(Cl)c3)c2n1. The molecule has 0 aliphatic carbocycles. The van der Waals surface area contributed by atoms with Gasteiger partial charge >= 0.3 is 0 Å². The fourth-order valence-electron chi connectivity index (χ4n) is 3.33. The van der Waals surface area contributed by atoms with Crippen molar-refractivity contribution in [3.63, 3.8) is 0 Å². The predicted molar refractivity (Wildman–Crippen MR) is 128 cm³/mol. The summed E-state index contributed by atoms with van der Waals surface area (Å²) in [6.07, 6.45) is 1.35. The predicted octanol–water partition coefficient (Wildman–Crippen LogP) is 5.13. The van der Waals surface area contributed by atoms with Crippen LogP contribution in [-0.2, 0) is 11.3 Å². The number of rotatable bonds is 5. The third kappa shape index (κ3) is 4.86. The Balaban J connectivity index is 1.75. The number of hydrogen-bond donors (Lipinski definition) is 1. The normalized spacial score (nSPS) is 10.9. The number of hydrogen-bond acceptors (Lipinski definition) is 4. The fourth-order valence-corrected chi connectivity index (χ4v) is 3.77. The number of aromatic nitrogens is 2. The molecule has 0 radical (unpaired) electrons. The largest absolute Gasteiger partial charge is 0.324 e. The van der Waals surface area contributed by atoms with E-state index in [1.165, 1.54) is 22.9 Å². The van der Waals surface area contributed by atoms with Gasteiger partial charge in [-0.25, -0.2) is 9.37 Å². The number of nitrogens with one attached hydrogen (secondary N) is 1. The summed E-state index contributed by atoms with van der Waals surface area (Å²) in [5.74, 6) is -1.53. The van der Waals surface area contributed by atoms with E-state index < -0.39 is 22.9 Å². The number of fused-ring (bicyclic) bond motifs is 1. The molecular weight excluding hydrogens is 513 g/mol. The maximum atomic E-state index is 13.4. The van der Waals surface area contributed by atoms with Gasteiger partial charge in [-0.2, -0.15) is 0 Å². The van der Waals surface area contributed by atoms with E-state index in [-0.39, 0.29) is 28.2 Å². The molecular formula is C24H16BrClFN3O3.